The van der Waals surface area contributed by atoms with E-state index in [1.165, 1.54) is 24.8 Å². The molecule has 1 N–H and O–H groups in total. The molecule has 4 aliphatic rings. The first-order valence-electron chi connectivity index (χ1n) is 8.27. The van der Waals surface area contributed by atoms with Gasteiger partial charge < -0.3 is 5.32 Å². The SMILES string of the molecule is [B]c1ccc(CNC23CC4CC5CC(C2)C5(C4)C3)cc1. The molecule has 2 heteroatoms. The van der Waals surface area contributed by atoms with Gasteiger partial charge in [0.1, 0.15) is 7.85 Å². The minimum atomic E-state index is 0.472. The second-order valence-electron chi connectivity index (χ2n) is 8.13. The zero-order chi connectivity index (χ0) is 13.4. The number of hydrogen-bond donors (Lipinski definition) is 1. The summed E-state index contributed by atoms with van der Waals surface area (Å²) in [6.07, 6.45) is 9.02. The van der Waals surface area contributed by atoms with Crippen LogP contribution in [0.1, 0.15) is 44.1 Å². The summed E-state index contributed by atoms with van der Waals surface area (Å²) in [6.45, 7) is 1.01. The Morgan fingerprint density at radius 2 is 1.90 bits per heavy atom. The second kappa shape index (κ2) is 3.71. The molecule has 0 aromatic heterocycles. The summed E-state index contributed by atoms with van der Waals surface area (Å²) >= 11 is 0. The Morgan fingerprint density at radius 1 is 1.05 bits per heavy atom. The molecule has 4 fully saturated rings. The van der Waals surface area contributed by atoms with Crippen LogP contribution in [0.15, 0.2) is 24.3 Å². The molecule has 5 rings (SSSR count). The third-order valence-corrected chi connectivity index (χ3v) is 7.11. The summed E-state index contributed by atoms with van der Waals surface area (Å²) in [4.78, 5) is 0. The highest BCUT2D eigenvalue weighted by Crippen LogP contribution is 2.76. The quantitative estimate of drug-likeness (QED) is 0.826. The lowest BCUT2D eigenvalue weighted by Gasteiger charge is -2.49. The standard InChI is InChI=1S/C18H22BN/c19-16-3-1-12(2-4-16)10-20-17-7-13-5-14-6-15(9-17)18(14,8-13)11-17/h1-4,13-15,20H,5-11H2. The fourth-order valence-electron chi connectivity index (χ4n) is 6.49. The molecule has 5 unspecified atom stereocenters. The van der Waals surface area contributed by atoms with Crippen LogP contribution < -0.4 is 10.8 Å². The van der Waals surface area contributed by atoms with E-state index in [-0.39, 0.29) is 0 Å². The molecule has 4 saturated carbocycles. The summed E-state index contributed by atoms with van der Waals surface area (Å²) in [5.74, 6) is 3.18. The van der Waals surface area contributed by atoms with E-state index in [1.807, 2.05) is 12.1 Å². The molecule has 1 spiro atoms. The van der Waals surface area contributed by atoms with Crippen molar-refractivity contribution in [1.82, 2.24) is 5.32 Å². The minimum absolute atomic E-state index is 0.472. The van der Waals surface area contributed by atoms with E-state index in [1.54, 1.807) is 19.3 Å². The molecule has 20 heavy (non-hydrogen) atoms. The first-order valence-corrected chi connectivity index (χ1v) is 8.27. The molecule has 5 atom stereocenters. The predicted molar refractivity (Wildman–Crippen MR) is 82.0 cm³/mol. The van der Waals surface area contributed by atoms with E-state index < -0.39 is 0 Å². The van der Waals surface area contributed by atoms with Crippen LogP contribution in [0.3, 0.4) is 0 Å². The molecule has 1 nitrogen and oxygen atoms in total. The molecule has 2 radical (unpaired) electrons. The first kappa shape index (κ1) is 11.9. The molecule has 0 aliphatic heterocycles. The van der Waals surface area contributed by atoms with Crippen molar-refractivity contribution >= 4 is 13.3 Å². The highest BCUT2D eigenvalue weighted by Gasteiger charge is 2.70. The fraction of sp³-hybridized carbons (Fsp3) is 0.667. The van der Waals surface area contributed by atoms with Crippen molar-refractivity contribution in [1.29, 1.82) is 0 Å². The number of hydrogen-bond acceptors (Lipinski definition) is 1. The molecule has 4 aliphatic carbocycles. The van der Waals surface area contributed by atoms with Crippen LogP contribution in [0.5, 0.6) is 0 Å². The van der Waals surface area contributed by atoms with Gasteiger partial charge >= 0.3 is 0 Å². The lowest BCUT2D eigenvalue weighted by Crippen LogP contribution is -2.47. The molecular weight excluding hydrogens is 241 g/mol. The van der Waals surface area contributed by atoms with E-state index in [4.69, 9.17) is 7.85 Å². The summed E-state index contributed by atoms with van der Waals surface area (Å²) in [5.41, 5.74) is 3.50. The monoisotopic (exact) mass is 263 g/mol. The average molecular weight is 263 g/mol. The van der Waals surface area contributed by atoms with Crippen molar-refractivity contribution in [2.45, 2.75) is 50.6 Å². The Bertz CT molecular complexity index is 549. The molecular formula is C18H22BN. The molecule has 0 saturated heterocycles. The summed E-state index contributed by atoms with van der Waals surface area (Å²) in [5, 5.41) is 3.97. The molecule has 3 bridgehead atoms. The maximum absolute atomic E-state index is 5.77. The molecule has 1 aromatic carbocycles. The maximum Gasteiger partial charge on any atom is 0.113 e. The molecule has 102 valence electrons. The number of rotatable bonds is 3. The zero-order valence-electron chi connectivity index (χ0n) is 12.1. The summed E-state index contributed by atoms with van der Waals surface area (Å²) in [6, 6.07) is 8.38. The molecule has 1 aromatic rings. The molecule has 0 heterocycles. The van der Waals surface area contributed by atoms with Crippen molar-refractivity contribution in [2.75, 3.05) is 0 Å². The first-order chi connectivity index (χ1) is 9.68. The van der Waals surface area contributed by atoms with E-state index >= 15 is 0 Å². The van der Waals surface area contributed by atoms with Crippen molar-refractivity contribution in [2.24, 2.45) is 23.2 Å². The highest BCUT2D eigenvalue weighted by atomic mass is 15.0. The van der Waals surface area contributed by atoms with Gasteiger partial charge in [-0.1, -0.05) is 29.7 Å². The maximum atomic E-state index is 5.77. The van der Waals surface area contributed by atoms with Crippen LogP contribution in [-0.4, -0.2) is 13.4 Å². The van der Waals surface area contributed by atoms with Crippen molar-refractivity contribution in [3.8, 4) is 0 Å². The Hall–Kier alpha value is -0.755. The second-order valence-corrected chi connectivity index (χ2v) is 8.13. The van der Waals surface area contributed by atoms with E-state index in [2.05, 4.69) is 17.4 Å². The van der Waals surface area contributed by atoms with Crippen molar-refractivity contribution in [3.63, 3.8) is 0 Å². The van der Waals surface area contributed by atoms with Crippen LogP contribution >= 0.6 is 0 Å². The van der Waals surface area contributed by atoms with Gasteiger partial charge in [-0.15, -0.1) is 0 Å². The Kier molecular flexibility index (Phi) is 2.20. The third-order valence-electron chi connectivity index (χ3n) is 7.11. The lowest BCUT2D eigenvalue weighted by molar-refractivity contribution is -0.000830. The van der Waals surface area contributed by atoms with Gasteiger partial charge in [0.2, 0.25) is 0 Å². The summed E-state index contributed by atoms with van der Waals surface area (Å²) < 4.78 is 0. The van der Waals surface area contributed by atoms with Gasteiger partial charge in [-0.2, -0.15) is 0 Å². The van der Waals surface area contributed by atoms with Crippen LogP contribution in [0.4, 0.5) is 0 Å². The van der Waals surface area contributed by atoms with Gasteiger partial charge in [-0.05, 0) is 67.3 Å². The Balaban J connectivity index is 1.36. The van der Waals surface area contributed by atoms with E-state index in [0.717, 1.165) is 35.2 Å². The zero-order valence-corrected chi connectivity index (χ0v) is 12.1. The topological polar surface area (TPSA) is 12.0 Å². The highest BCUT2D eigenvalue weighted by molar-refractivity contribution is 6.32. The van der Waals surface area contributed by atoms with Gasteiger partial charge in [0, 0.05) is 12.1 Å². The Morgan fingerprint density at radius 3 is 2.75 bits per heavy atom. The Labute approximate surface area is 122 Å². The normalized spacial score (nSPS) is 47.3. The van der Waals surface area contributed by atoms with Gasteiger partial charge in [0.25, 0.3) is 0 Å². The summed E-state index contributed by atoms with van der Waals surface area (Å²) in [7, 11) is 5.77. The predicted octanol–water partition coefficient (Wildman–Crippen LogP) is 2.54. The van der Waals surface area contributed by atoms with Crippen LogP contribution in [0, 0.1) is 23.2 Å². The van der Waals surface area contributed by atoms with Crippen molar-refractivity contribution < 1.29 is 0 Å². The number of benzene rings is 1. The third kappa shape index (κ3) is 1.44. The van der Waals surface area contributed by atoms with Crippen LogP contribution in [-0.2, 0) is 6.54 Å². The fourth-order valence-corrected chi connectivity index (χ4v) is 6.49. The van der Waals surface area contributed by atoms with Gasteiger partial charge in [0.15, 0.2) is 0 Å². The largest absolute Gasteiger partial charge is 0.307 e. The average Bonchev–Trinajstić information content (AvgIpc) is 2.74. The smallest absolute Gasteiger partial charge is 0.113 e. The van der Waals surface area contributed by atoms with Crippen LogP contribution in [0.25, 0.3) is 0 Å². The number of nitrogens with one attached hydrogen (secondary N) is 1. The van der Waals surface area contributed by atoms with Crippen molar-refractivity contribution in [3.05, 3.63) is 29.8 Å². The van der Waals surface area contributed by atoms with Gasteiger partial charge in [-0.3, -0.25) is 0 Å². The lowest BCUT2D eigenvalue weighted by atomic mass is 9.56. The number of fused-ring (bicyclic) bond motifs is 2. The molecule has 0 amide bonds. The van der Waals surface area contributed by atoms with Gasteiger partial charge in [0.05, 0.1) is 0 Å². The van der Waals surface area contributed by atoms with E-state index in [9.17, 15) is 0 Å². The minimum Gasteiger partial charge on any atom is -0.307 e. The van der Waals surface area contributed by atoms with Crippen LogP contribution in [0.2, 0.25) is 0 Å². The van der Waals surface area contributed by atoms with Gasteiger partial charge in [-0.25, -0.2) is 0 Å². The van der Waals surface area contributed by atoms with E-state index in [0.29, 0.717) is 5.54 Å².